The summed E-state index contributed by atoms with van der Waals surface area (Å²) >= 11 is 0. The average molecular weight is 229 g/mol. The molecule has 3 N–H and O–H groups in total. The predicted octanol–water partition coefficient (Wildman–Crippen LogP) is -1.72. The summed E-state index contributed by atoms with van der Waals surface area (Å²) in [6.45, 7) is 0.00769. The fourth-order valence-corrected chi connectivity index (χ4v) is 0.833. The molecule has 0 heterocycles. The van der Waals surface area contributed by atoms with Crippen LogP contribution in [-0.2, 0) is 14.4 Å². The zero-order valence-corrected chi connectivity index (χ0v) is 7.51. The SMILES string of the molecule is CC(C(=O)O)N(CC(=O)O)CC(=O)O.[NaH]. The van der Waals surface area contributed by atoms with E-state index in [9.17, 15) is 14.4 Å². The second kappa shape index (κ2) is 7.63. The molecule has 7 nitrogen and oxygen atoms in total. The van der Waals surface area contributed by atoms with Crippen molar-refractivity contribution in [2.45, 2.75) is 13.0 Å². The topological polar surface area (TPSA) is 115 Å². The van der Waals surface area contributed by atoms with Crippen LogP contribution < -0.4 is 0 Å². The molecule has 0 bridgehead atoms. The van der Waals surface area contributed by atoms with Crippen molar-refractivity contribution in [2.75, 3.05) is 13.1 Å². The Bertz CT molecular complexity index is 240. The van der Waals surface area contributed by atoms with E-state index in [0.29, 0.717) is 0 Å². The maximum atomic E-state index is 10.5. The molecule has 0 saturated carbocycles. The fourth-order valence-electron chi connectivity index (χ4n) is 0.833. The number of carbonyl (C=O) groups is 3. The second-order valence-corrected chi connectivity index (χ2v) is 2.71. The Hall–Kier alpha value is -0.630. The molecule has 0 aromatic rings. The van der Waals surface area contributed by atoms with E-state index in [2.05, 4.69) is 0 Å². The molecule has 0 saturated heterocycles. The van der Waals surface area contributed by atoms with Crippen molar-refractivity contribution >= 4 is 47.5 Å². The number of hydrogen-bond acceptors (Lipinski definition) is 4. The molecule has 0 aliphatic carbocycles. The normalized spacial score (nSPS) is 11.6. The zero-order valence-electron chi connectivity index (χ0n) is 7.51. The van der Waals surface area contributed by atoms with Gasteiger partial charge in [-0.2, -0.15) is 0 Å². The zero-order chi connectivity index (χ0) is 11.3. The van der Waals surface area contributed by atoms with Gasteiger partial charge in [-0.3, -0.25) is 19.3 Å². The van der Waals surface area contributed by atoms with Gasteiger partial charge in [-0.25, -0.2) is 0 Å². The summed E-state index contributed by atoms with van der Waals surface area (Å²) in [4.78, 5) is 31.9. The van der Waals surface area contributed by atoms with Crippen molar-refractivity contribution in [1.29, 1.82) is 0 Å². The Morgan fingerprint density at radius 2 is 1.40 bits per heavy atom. The molecule has 0 amide bonds. The van der Waals surface area contributed by atoms with Gasteiger partial charge in [0.2, 0.25) is 0 Å². The number of carboxylic acid groups (broad SMARTS) is 3. The van der Waals surface area contributed by atoms with Gasteiger partial charge in [0.05, 0.1) is 13.1 Å². The van der Waals surface area contributed by atoms with Crippen molar-refractivity contribution < 1.29 is 29.7 Å². The summed E-state index contributed by atoms with van der Waals surface area (Å²) in [5, 5.41) is 25.4. The maximum absolute atomic E-state index is 10.5. The molecule has 0 aromatic heterocycles. The molecular formula is C7H12NNaO6. The van der Waals surface area contributed by atoms with Gasteiger partial charge in [0, 0.05) is 0 Å². The van der Waals surface area contributed by atoms with Crippen LogP contribution in [0.2, 0.25) is 0 Å². The molecular weight excluding hydrogens is 217 g/mol. The van der Waals surface area contributed by atoms with Gasteiger partial charge in [0.25, 0.3) is 0 Å². The third-order valence-electron chi connectivity index (χ3n) is 1.58. The van der Waals surface area contributed by atoms with Crippen molar-refractivity contribution in [3.05, 3.63) is 0 Å². The van der Waals surface area contributed by atoms with Crippen LogP contribution >= 0.6 is 0 Å². The molecule has 0 spiro atoms. The van der Waals surface area contributed by atoms with Crippen LogP contribution in [-0.4, -0.2) is 86.8 Å². The number of hydrogen-bond donors (Lipinski definition) is 3. The average Bonchev–Trinajstić information content (AvgIpc) is 1.99. The van der Waals surface area contributed by atoms with E-state index in [1.54, 1.807) is 0 Å². The summed E-state index contributed by atoms with van der Waals surface area (Å²) in [6.07, 6.45) is 0. The van der Waals surface area contributed by atoms with E-state index in [1.165, 1.54) is 6.92 Å². The first kappa shape index (κ1) is 16.8. The van der Waals surface area contributed by atoms with Crippen molar-refractivity contribution in [3.63, 3.8) is 0 Å². The molecule has 0 rings (SSSR count). The van der Waals surface area contributed by atoms with Crippen LogP contribution in [0.5, 0.6) is 0 Å². The van der Waals surface area contributed by atoms with Crippen molar-refractivity contribution in [3.8, 4) is 0 Å². The van der Waals surface area contributed by atoms with Crippen LogP contribution in [0.3, 0.4) is 0 Å². The number of aliphatic carboxylic acids is 3. The summed E-state index contributed by atoms with van der Waals surface area (Å²) in [6, 6.07) is -1.14. The number of rotatable bonds is 6. The van der Waals surface area contributed by atoms with Crippen LogP contribution in [0.25, 0.3) is 0 Å². The number of carboxylic acids is 3. The van der Waals surface area contributed by atoms with Crippen LogP contribution in [0.1, 0.15) is 6.92 Å². The molecule has 82 valence electrons. The first-order valence-corrected chi connectivity index (χ1v) is 3.75. The van der Waals surface area contributed by atoms with Gasteiger partial charge < -0.3 is 15.3 Å². The molecule has 0 aliphatic rings. The molecule has 0 fully saturated rings. The van der Waals surface area contributed by atoms with Crippen molar-refractivity contribution in [1.82, 2.24) is 4.90 Å². The molecule has 15 heavy (non-hydrogen) atoms. The third-order valence-corrected chi connectivity index (χ3v) is 1.58. The van der Waals surface area contributed by atoms with Crippen LogP contribution in [0, 0.1) is 0 Å². The summed E-state index contributed by atoms with van der Waals surface area (Å²) in [5.74, 6) is -3.79. The standard InChI is InChI=1S/C7H11NO6.Na.H/c1-4(7(13)14)8(2-5(9)10)3-6(11)12;;/h4H,2-3H2,1H3,(H,9,10)(H,11,12)(H,13,14);;. The molecule has 0 aliphatic heterocycles. The third kappa shape index (κ3) is 7.32. The van der Waals surface area contributed by atoms with Gasteiger partial charge in [-0.1, -0.05) is 0 Å². The van der Waals surface area contributed by atoms with Crippen LogP contribution in [0.4, 0.5) is 0 Å². The minimum atomic E-state index is -1.26. The molecule has 0 aromatic carbocycles. The van der Waals surface area contributed by atoms with E-state index >= 15 is 0 Å². The Morgan fingerprint density at radius 3 is 1.60 bits per heavy atom. The van der Waals surface area contributed by atoms with E-state index in [-0.39, 0.29) is 29.6 Å². The predicted molar refractivity (Wildman–Crippen MR) is 51.1 cm³/mol. The Morgan fingerprint density at radius 1 is 1.07 bits per heavy atom. The summed E-state index contributed by atoms with van der Waals surface area (Å²) in [5.41, 5.74) is 0. The Labute approximate surface area is 108 Å². The first-order chi connectivity index (χ1) is 6.34. The second-order valence-electron chi connectivity index (χ2n) is 2.71. The number of nitrogens with zero attached hydrogens (tertiary/aromatic N) is 1. The Kier molecular flexibility index (Phi) is 8.54. The van der Waals surface area contributed by atoms with Crippen LogP contribution in [0.15, 0.2) is 0 Å². The quantitative estimate of drug-likeness (QED) is 0.464. The van der Waals surface area contributed by atoms with Gasteiger partial charge in [-0.05, 0) is 6.92 Å². The van der Waals surface area contributed by atoms with E-state index in [4.69, 9.17) is 15.3 Å². The molecule has 1 atom stereocenters. The fraction of sp³-hybridized carbons (Fsp3) is 0.571. The van der Waals surface area contributed by atoms with Gasteiger partial charge in [0.1, 0.15) is 6.04 Å². The van der Waals surface area contributed by atoms with E-state index in [1.807, 2.05) is 0 Å². The monoisotopic (exact) mass is 229 g/mol. The minimum absolute atomic E-state index is 0. The van der Waals surface area contributed by atoms with E-state index in [0.717, 1.165) is 4.90 Å². The van der Waals surface area contributed by atoms with Gasteiger partial charge in [0.15, 0.2) is 0 Å². The van der Waals surface area contributed by atoms with E-state index < -0.39 is 37.0 Å². The molecule has 1 unspecified atom stereocenters. The molecule has 8 heteroatoms. The summed E-state index contributed by atoms with van der Waals surface area (Å²) < 4.78 is 0. The van der Waals surface area contributed by atoms with Crippen molar-refractivity contribution in [2.24, 2.45) is 0 Å². The Balaban J connectivity index is 0. The first-order valence-electron chi connectivity index (χ1n) is 3.75. The van der Waals surface area contributed by atoms with Gasteiger partial charge >= 0.3 is 47.5 Å². The summed E-state index contributed by atoms with van der Waals surface area (Å²) in [7, 11) is 0. The molecule has 0 radical (unpaired) electrons. The van der Waals surface area contributed by atoms with Gasteiger partial charge in [-0.15, -0.1) is 0 Å².